The molecule has 0 aromatic carbocycles. The van der Waals surface area contributed by atoms with Crippen LogP contribution in [0.4, 0.5) is 0 Å². The molecule has 1 fully saturated rings. The topological polar surface area (TPSA) is 87.2 Å². The molecule has 0 aliphatic carbocycles. The number of hydrogen-bond acceptors (Lipinski definition) is 4. The number of piperidine rings is 1. The minimum atomic E-state index is -0.529. The van der Waals surface area contributed by atoms with Crippen LogP contribution in [-0.4, -0.2) is 29.3 Å². The van der Waals surface area contributed by atoms with Crippen LogP contribution in [0, 0.1) is 11.3 Å². The van der Waals surface area contributed by atoms with E-state index in [0.29, 0.717) is 38.6 Å². The number of nitriles is 1. The van der Waals surface area contributed by atoms with Crippen molar-refractivity contribution in [3.8, 4) is 6.07 Å². The predicted octanol–water partition coefficient (Wildman–Crippen LogP) is 0.157. The maximum absolute atomic E-state index is 11.5. The number of hydrogen-bond donors (Lipinski definition) is 1. The van der Waals surface area contributed by atoms with Gasteiger partial charge >= 0.3 is 0 Å². The maximum atomic E-state index is 11.5. The van der Waals surface area contributed by atoms with Crippen molar-refractivity contribution in [2.75, 3.05) is 6.54 Å². The molecule has 5 nitrogen and oxygen atoms in total. The van der Waals surface area contributed by atoms with Crippen LogP contribution in [-0.2, 0) is 9.59 Å². The van der Waals surface area contributed by atoms with E-state index >= 15 is 0 Å². The average molecular weight is 209 g/mol. The van der Waals surface area contributed by atoms with Crippen LogP contribution >= 0.6 is 0 Å². The molecule has 0 aromatic rings. The number of nitrogens with zero attached hydrogens (tertiary/aromatic N) is 2. The molecular weight excluding hydrogens is 194 g/mol. The number of amides is 2. The molecule has 1 atom stereocenters. The van der Waals surface area contributed by atoms with E-state index in [1.807, 2.05) is 6.07 Å². The summed E-state index contributed by atoms with van der Waals surface area (Å²) >= 11 is 0. The number of carbonyl (C=O) groups excluding carboxylic acids is 2. The lowest BCUT2D eigenvalue weighted by atomic mass is 10.0. The molecule has 2 amide bonds. The van der Waals surface area contributed by atoms with Crippen LogP contribution < -0.4 is 5.73 Å². The van der Waals surface area contributed by atoms with Gasteiger partial charge in [0, 0.05) is 19.4 Å². The fourth-order valence-electron chi connectivity index (χ4n) is 1.57. The van der Waals surface area contributed by atoms with E-state index in [4.69, 9.17) is 11.0 Å². The van der Waals surface area contributed by atoms with Gasteiger partial charge in [0.05, 0.1) is 12.1 Å². The van der Waals surface area contributed by atoms with Crippen molar-refractivity contribution < 1.29 is 9.59 Å². The Labute approximate surface area is 88.8 Å². The molecule has 2 N–H and O–H groups in total. The molecule has 1 saturated heterocycles. The van der Waals surface area contributed by atoms with E-state index in [-0.39, 0.29) is 11.8 Å². The van der Waals surface area contributed by atoms with E-state index in [1.54, 1.807) is 0 Å². The first-order valence-electron chi connectivity index (χ1n) is 5.13. The fraction of sp³-hybridized carbons (Fsp3) is 0.700. The standard InChI is InChI=1S/C10H15N3O2/c11-6-2-1-3-7-13-9(14)5-4-8(12)10(13)15/h8H,1-5,7,12H2. The first-order valence-corrected chi connectivity index (χ1v) is 5.13. The molecule has 0 bridgehead atoms. The van der Waals surface area contributed by atoms with Crippen LogP contribution in [0.2, 0.25) is 0 Å². The lowest BCUT2D eigenvalue weighted by molar-refractivity contribution is -0.149. The van der Waals surface area contributed by atoms with Gasteiger partial charge in [-0.25, -0.2) is 0 Å². The van der Waals surface area contributed by atoms with E-state index in [2.05, 4.69) is 0 Å². The van der Waals surface area contributed by atoms with Crippen LogP contribution in [0.3, 0.4) is 0 Å². The summed E-state index contributed by atoms with van der Waals surface area (Å²) in [5, 5.41) is 8.33. The Bertz CT molecular complexity index is 296. The molecule has 0 aromatic heterocycles. The molecule has 1 aliphatic rings. The van der Waals surface area contributed by atoms with Crippen LogP contribution in [0.1, 0.15) is 32.1 Å². The molecule has 0 spiro atoms. The van der Waals surface area contributed by atoms with Crippen molar-refractivity contribution in [2.45, 2.75) is 38.1 Å². The molecule has 82 valence electrons. The summed E-state index contributed by atoms with van der Waals surface area (Å²) in [6.07, 6.45) is 2.65. The first-order chi connectivity index (χ1) is 7.16. The highest BCUT2D eigenvalue weighted by atomic mass is 16.2. The minimum Gasteiger partial charge on any atom is -0.320 e. The van der Waals surface area contributed by atoms with Gasteiger partial charge in [0.1, 0.15) is 0 Å². The summed E-state index contributed by atoms with van der Waals surface area (Å²) in [6, 6.07) is 1.49. The highest BCUT2D eigenvalue weighted by Crippen LogP contribution is 2.12. The van der Waals surface area contributed by atoms with Gasteiger partial charge in [-0.1, -0.05) is 0 Å². The molecular formula is C10H15N3O2. The summed E-state index contributed by atoms with van der Waals surface area (Å²) in [5.74, 6) is -0.415. The average Bonchev–Trinajstić information content (AvgIpc) is 2.23. The molecule has 1 heterocycles. The SMILES string of the molecule is N#CCCCCN1C(=O)CCC(N)C1=O. The lowest BCUT2D eigenvalue weighted by Crippen LogP contribution is -2.51. The van der Waals surface area contributed by atoms with Gasteiger partial charge in [-0.05, 0) is 19.3 Å². The number of carbonyl (C=O) groups is 2. The second-order valence-electron chi connectivity index (χ2n) is 3.64. The Morgan fingerprint density at radius 2 is 2.20 bits per heavy atom. The van der Waals surface area contributed by atoms with Gasteiger partial charge in [-0.15, -0.1) is 0 Å². The monoisotopic (exact) mass is 209 g/mol. The summed E-state index contributed by atoms with van der Waals surface area (Å²) in [4.78, 5) is 24.1. The zero-order valence-corrected chi connectivity index (χ0v) is 8.61. The first kappa shape index (κ1) is 11.7. The summed E-state index contributed by atoms with van der Waals surface area (Å²) in [6.45, 7) is 0.396. The molecule has 1 aliphatic heterocycles. The normalized spacial score (nSPS) is 21.6. The van der Waals surface area contributed by atoms with Crippen LogP contribution in [0.15, 0.2) is 0 Å². The summed E-state index contributed by atoms with van der Waals surface area (Å²) in [5.41, 5.74) is 5.57. The Kier molecular flexibility index (Phi) is 4.25. The largest absolute Gasteiger partial charge is 0.320 e. The highest BCUT2D eigenvalue weighted by molar-refractivity contribution is 6.00. The number of rotatable bonds is 4. The van der Waals surface area contributed by atoms with Gasteiger partial charge in [0.15, 0.2) is 0 Å². The third kappa shape index (κ3) is 3.03. The smallest absolute Gasteiger partial charge is 0.246 e. The fourth-order valence-corrected chi connectivity index (χ4v) is 1.57. The molecule has 1 unspecified atom stereocenters. The summed E-state index contributed by atoms with van der Waals surface area (Å²) in [7, 11) is 0. The van der Waals surface area contributed by atoms with Gasteiger partial charge < -0.3 is 5.73 Å². The zero-order valence-electron chi connectivity index (χ0n) is 8.61. The van der Waals surface area contributed by atoms with E-state index in [1.165, 1.54) is 4.90 Å². The van der Waals surface area contributed by atoms with Crippen molar-refractivity contribution in [3.63, 3.8) is 0 Å². The number of nitrogens with two attached hydrogens (primary N) is 1. The Balaban J connectivity index is 2.40. The quantitative estimate of drug-likeness (QED) is 0.527. The van der Waals surface area contributed by atoms with E-state index < -0.39 is 6.04 Å². The Morgan fingerprint density at radius 3 is 2.87 bits per heavy atom. The second-order valence-corrected chi connectivity index (χ2v) is 3.64. The van der Waals surface area contributed by atoms with Gasteiger partial charge in [0.2, 0.25) is 11.8 Å². The minimum absolute atomic E-state index is 0.140. The molecule has 15 heavy (non-hydrogen) atoms. The third-order valence-corrected chi connectivity index (χ3v) is 2.47. The Morgan fingerprint density at radius 1 is 1.47 bits per heavy atom. The van der Waals surface area contributed by atoms with Crippen LogP contribution in [0.25, 0.3) is 0 Å². The van der Waals surface area contributed by atoms with Crippen molar-refractivity contribution in [1.29, 1.82) is 5.26 Å². The van der Waals surface area contributed by atoms with Crippen molar-refractivity contribution in [3.05, 3.63) is 0 Å². The van der Waals surface area contributed by atoms with Crippen LogP contribution in [0.5, 0.6) is 0 Å². The second kappa shape index (κ2) is 5.47. The van der Waals surface area contributed by atoms with Crippen molar-refractivity contribution in [2.24, 2.45) is 5.73 Å². The molecule has 5 heteroatoms. The predicted molar refractivity (Wildman–Crippen MR) is 53.4 cm³/mol. The molecule has 0 radical (unpaired) electrons. The lowest BCUT2D eigenvalue weighted by Gasteiger charge is -2.28. The third-order valence-electron chi connectivity index (χ3n) is 2.47. The van der Waals surface area contributed by atoms with E-state index in [0.717, 1.165) is 0 Å². The number of unbranched alkanes of at least 4 members (excludes halogenated alkanes) is 2. The summed E-state index contributed by atoms with van der Waals surface area (Å²) < 4.78 is 0. The van der Waals surface area contributed by atoms with Crippen molar-refractivity contribution in [1.82, 2.24) is 4.90 Å². The number of imide groups is 1. The Hall–Kier alpha value is -1.41. The molecule has 0 saturated carbocycles. The van der Waals surface area contributed by atoms with Gasteiger partial charge in [0.25, 0.3) is 0 Å². The van der Waals surface area contributed by atoms with E-state index in [9.17, 15) is 9.59 Å². The number of likely N-dealkylation sites (tertiary alicyclic amines) is 1. The van der Waals surface area contributed by atoms with Gasteiger partial charge in [-0.2, -0.15) is 5.26 Å². The van der Waals surface area contributed by atoms with Crippen molar-refractivity contribution >= 4 is 11.8 Å². The zero-order chi connectivity index (χ0) is 11.3. The molecule has 1 rings (SSSR count). The maximum Gasteiger partial charge on any atom is 0.246 e. The van der Waals surface area contributed by atoms with Gasteiger partial charge in [-0.3, -0.25) is 14.5 Å². The highest BCUT2D eigenvalue weighted by Gasteiger charge is 2.31.